The molecule has 1 N–H and O–H groups in total. The molecule has 7 heteroatoms. The SMILES string of the molecule is Cc1cc(F)cc(C)c1-c1ccnc2cc(OC(C)C(=O)N3CCCC4(CC4C(=O)O)C3)ccc12. The molecule has 182 valence electrons. The molecule has 1 saturated heterocycles. The first kappa shape index (κ1) is 23.3. The van der Waals surface area contributed by atoms with E-state index in [9.17, 15) is 19.1 Å². The Kier molecular flexibility index (Phi) is 5.74. The van der Waals surface area contributed by atoms with Crippen LogP contribution in [0.4, 0.5) is 4.39 Å². The topological polar surface area (TPSA) is 79.7 Å². The van der Waals surface area contributed by atoms with Gasteiger partial charge in [-0.1, -0.05) is 0 Å². The molecule has 2 aromatic carbocycles. The Bertz CT molecular complexity index is 1320. The molecule has 1 aromatic heterocycles. The van der Waals surface area contributed by atoms with Crippen molar-refractivity contribution < 1.29 is 23.8 Å². The van der Waals surface area contributed by atoms with Gasteiger partial charge in [-0.3, -0.25) is 14.6 Å². The van der Waals surface area contributed by atoms with E-state index in [0.717, 1.165) is 46.0 Å². The summed E-state index contributed by atoms with van der Waals surface area (Å²) in [5.74, 6) is -0.950. The number of likely N-dealkylation sites (tertiary alicyclic amines) is 1. The molecule has 2 heterocycles. The van der Waals surface area contributed by atoms with Crippen LogP contribution in [0.3, 0.4) is 0 Å². The van der Waals surface area contributed by atoms with Crippen LogP contribution >= 0.6 is 0 Å². The van der Waals surface area contributed by atoms with Gasteiger partial charge in [-0.2, -0.15) is 0 Å². The molecule has 1 spiro atoms. The molecule has 1 saturated carbocycles. The molecule has 2 aliphatic rings. The summed E-state index contributed by atoms with van der Waals surface area (Å²) < 4.78 is 19.8. The molecule has 5 rings (SSSR count). The maximum Gasteiger partial charge on any atom is 0.307 e. The van der Waals surface area contributed by atoms with Gasteiger partial charge in [0, 0.05) is 36.2 Å². The molecular weight excluding hydrogens is 447 g/mol. The van der Waals surface area contributed by atoms with Crippen molar-refractivity contribution in [2.45, 2.75) is 46.1 Å². The number of aryl methyl sites for hydroxylation is 2. The zero-order chi connectivity index (χ0) is 24.9. The maximum absolute atomic E-state index is 13.8. The molecule has 3 unspecified atom stereocenters. The first-order valence-corrected chi connectivity index (χ1v) is 12.0. The predicted octanol–water partition coefficient (Wildman–Crippen LogP) is 5.14. The van der Waals surface area contributed by atoms with Crippen LogP contribution < -0.4 is 4.74 Å². The minimum Gasteiger partial charge on any atom is -0.481 e. The number of pyridine rings is 1. The summed E-state index contributed by atoms with van der Waals surface area (Å²) in [7, 11) is 0. The van der Waals surface area contributed by atoms with Gasteiger partial charge in [0.15, 0.2) is 6.10 Å². The summed E-state index contributed by atoms with van der Waals surface area (Å²) in [6.45, 7) is 6.63. The van der Waals surface area contributed by atoms with Gasteiger partial charge < -0.3 is 14.7 Å². The Morgan fingerprint density at radius 3 is 2.63 bits per heavy atom. The number of amides is 1. The number of carbonyl (C=O) groups is 2. The Balaban J connectivity index is 1.35. The van der Waals surface area contributed by atoms with Gasteiger partial charge in [-0.25, -0.2) is 4.39 Å². The number of carboxylic acid groups (broad SMARTS) is 1. The number of carbonyl (C=O) groups excluding carboxylic acids is 1. The first-order valence-electron chi connectivity index (χ1n) is 12.0. The van der Waals surface area contributed by atoms with Crippen molar-refractivity contribution in [3.05, 3.63) is 59.5 Å². The lowest BCUT2D eigenvalue weighted by Crippen LogP contribution is -2.47. The van der Waals surface area contributed by atoms with Crippen molar-refractivity contribution in [1.29, 1.82) is 0 Å². The number of fused-ring (bicyclic) bond motifs is 1. The van der Waals surface area contributed by atoms with Crippen molar-refractivity contribution in [2.24, 2.45) is 11.3 Å². The Morgan fingerprint density at radius 2 is 1.94 bits per heavy atom. The summed E-state index contributed by atoms with van der Waals surface area (Å²) in [6, 6.07) is 10.6. The largest absolute Gasteiger partial charge is 0.481 e. The number of rotatable bonds is 5. The highest BCUT2D eigenvalue weighted by Crippen LogP contribution is 2.58. The number of piperidine rings is 1. The van der Waals surface area contributed by atoms with Crippen LogP contribution in [0.5, 0.6) is 5.75 Å². The molecule has 1 aliphatic heterocycles. The van der Waals surface area contributed by atoms with Crippen LogP contribution in [0.15, 0.2) is 42.6 Å². The number of nitrogens with zero attached hydrogens (tertiary/aromatic N) is 2. The van der Waals surface area contributed by atoms with Crippen molar-refractivity contribution in [2.75, 3.05) is 13.1 Å². The lowest BCUT2D eigenvalue weighted by Gasteiger charge is -2.35. The van der Waals surface area contributed by atoms with Gasteiger partial charge >= 0.3 is 5.97 Å². The smallest absolute Gasteiger partial charge is 0.307 e. The number of halogens is 1. The van der Waals surface area contributed by atoms with Gasteiger partial charge in [0.05, 0.1) is 11.4 Å². The van der Waals surface area contributed by atoms with Gasteiger partial charge in [-0.15, -0.1) is 0 Å². The molecule has 1 amide bonds. The second-order valence-corrected chi connectivity index (χ2v) is 10.0. The van der Waals surface area contributed by atoms with Gasteiger partial charge in [0.25, 0.3) is 5.91 Å². The number of aromatic nitrogens is 1. The third kappa shape index (κ3) is 4.24. The normalized spacial score (nSPS) is 22.3. The van der Waals surface area contributed by atoms with Crippen molar-refractivity contribution >= 4 is 22.8 Å². The molecule has 2 fully saturated rings. The zero-order valence-corrected chi connectivity index (χ0v) is 20.2. The molecule has 0 radical (unpaired) electrons. The summed E-state index contributed by atoms with van der Waals surface area (Å²) >= 11 is 0. The molecular formula is C28H29FN2O4. The lowest BCUT2D eigenvalue weighted by atomic mass is 9.92. The lowest BCUT2D eigenvalue weighted by molar-refractivity contribution is -0.143. The van der Waals surface area contributed by atoms with E-state index in [2.05, 4.69) is 4.98 Å². The van der Waals surface area contributed by atoms with E-state index >= 15 is 0 Å². The minimum absolute atomic E-state index is 0.125. The van der Waals surface area contributed by atoms with E-state index in [0.29, 0.717) is 25.3 Å². The summed E-state index contributed by atoms with van der Waals surface area (Å²) in [4.78, 5) is 30.8. The highest BCUT2D eigenvalue weighted by Gasteiger charge is 2.60. The highest BCUT2D eigenvalue weighted by molar-refractivity contribution is 5.96. The molecule has 0 bridgehead atoms. The fourth-order valence-corrected chi connectivity index (χ4v) is 5.76. The Labute approximate surface area is 203 Å². The zero-order valence-electron chi connectivity index (χ0n) is 20.2. The second-order valence-electron chi connectivity index (χ2n) is 10.0. The third-order valence-corrected chi connectivity index (χ3v) is 7.55. The summed E-state index contributed by atoms with van der Waals surface area (Å²) in [5, 5.41) is 10.3. The summed E-state index contributed by atoms with van der Waals surface area (Å²) in [6.07, 6.45) is 3.34. The van der Waals surface area contributed by atoms with Crippen LogP contribution in [0.25, 0.3) is 22.0 Å². The standard InChI is InChI=1S/C28H29FN2O4/c1-16-11-19(29)12-17(2)25(16)22-7-9-30-24-13-20(5-6-21(22)24)35-18(3)26(32)31-10-4-8-28(15-31)14-23(28)27(33)34/h5-7,9,11-13,18,23H,4,8,10,14-15H2,1-3H3,(H,33,34). The van der Waals surface area contributed by atoms with E-state index in [1.807, 2.05) is 38.1 Å². The monoisotopic (exact) mass is 476 g/mol. The molecule has 1 aliphatic carbocycles. The van der Waals surface area contributed by atoms with Crippen LogP contribution in [0.1, 0.15) is 37.3 Å². The fourth-order valence-electron chi connectivity index (χ4n) is 5.76. The number of ether oxygens (including phenoxy) is 1. The third-order valence-electron chi connectivity index (χ3n) is 7.55. The second kappa shape index (κ2) is 8.63. The van der Waals surface area contributed by atoms with E-state index in [4.69, 9.17) is 4.74 Å². The molecule has 3 aromatic rings. The number of hydrogen-bond acceptors (Lipinski definition) is 4. The fraction of sp³-hybridized carbons (Fsp3) is 0.393. The number of benzene rings is 2. The first-order chi connectivity index (χ1) is 16.7. The van der Waals surface area contributed by atoms with Crippen LogP contribution in [0.2, 0.25) is 0 Å². The van der Waals surface area contributed by atoms with E-state index in [1.54, 1.807) is 18.0 Å². The van der Waals surface area contributed by atoms with E-state index in [1.165, 1.54) is 12.1 Å². The van der Waals surface area contributed by atoms with Gasteiger partial charge in [0.2, 0.25) is 0 Å². The maximum atomic E-state index is 13.8. The summed E-state index contributed by atoms with van der Waals surface area (Å²) in [5.41, 5.74) is 4.12. The van der Waals surface area contributed by atoms with Gasteiger partial charge in [-0.05, 0) is 92.6 Å². The number of hydrogen-bond donors (Lipinski definition) is 1. The van der Waals surface area contributed by atoms with Crippen LogP contribution in [-0.4, -0.2) is 46.1 Å². The average molecular weight is 477 g/mol. The Hall–Kier alpha value is -3.48. The van der Waals surface area contributed by atoms with Gasteiger partial charge in [0.1, 0.15) is 11.6 Å². The average Bonchev–Trinajstić information content (AvgIpc) is 3.50. The number of aliphatic carboxylic acids is 1. The van der Waals surface area contributed by atoms with E-state index in [-0.39, 0.29) is 23.1 Å². The Morgan fingerprint density at radius 1 is 1.20 bits per heavy atom. The predicted molar refractivity (Wildman–Crippen MR) is 131 cm³/mol. The van der Waals surface area contributed by atoms with Crippen molar-refractivity contribution in [3.8, 4) is 16.9 Å². The quantitative estimate of drug-likeness (QED) is 0.552. The number of carboxylic acids is 1. The van der Waals surface area contributed by atoms with Crippen molar-refractivity contribution in [3.63, 3.8) is 0 Å². The van der Waals surface area contributed by atoms with Crippen LogP contribution in [-0.2, 0) is 9.59 Å². The molecule has 6 nitrogen and oxygen atoms in total. The highest BCUT2D eigenvalue weighted by atomic mass is 19.1. The van der Waals surface area contributed by atoms with E-state index < -0.39 is 12.1 Å². The molecule has 3 atom stereocenters. The minimum atomic E-state index is -0.766. The van der Waals surface area contributed by atoms with Crippen LogP contribution in [0, 0.1) is 31.0 Å². The van der Waals surface area contributed by atoms with Crippen molar-refractivity contribution in [1.82, 2.24) is 9.88 Å². The molecule has 35 heavy (non-hydrogen) atoms.